The number of quaternary nitrogens is 1. The van der Waals surface area contributed by atoms with Crippen LogP contribution in [0.15, 0.2) is 60.8 Å². The summed E-state index contributed by atoms with van der Waals surface area (Å²) in [4.78, 5) is 37.8. The summed E-state index contributed by atoms with van der Waals surface area (Å²) in [6.07, 6.45) is 112. The summed E-state index contributed by atoms with van der Waals surface area (Å²) < 4.78 is 23.1. The molecule has 0 spiro atoms. The van der Waals surface area contributed by atoms with Crippen LogP contribution in [-0.2, 0) is 33.3 Å². The van der Waals surface area contributed by atoms with Crippen LogP contribution in [0.5, 0.6) is 0 Å². The monoisotopic (exact) mass is 1450 g/mol. The van der Waals surface area contributed by atoms with E-state index in [9.17, 15) is 19.5 Å². The van der Waals surface area contributed by atoms with Crippen molar-refractivity contribution in [2.24, 2.45) is 0 Å². The van der Waals surface area contributed by atoms with Gasteiger partial charge in [0.1, 0.15) is 13.2 Å². The lowest BCUT2D eigenvalue weighted by Gasteiger charge is -2.25. The highest BCUT2D eigenvalue weighted by Crippen LogP contribution is 2.21. The number of carbonyl (C=O) groups excluding carboxylic acids is 2. The summed E-state index contributed by atoms with van der Waals surface area (Å²) >= 11 is 0. The molecular weight excluding hydrogens is 1270 g/mol. The van der Waals surface area contributed by atoms with Crippen molar-refractivity contribution in [2.45, 2.75) is 476 Å². The Bertz CT molecular complexity index is 1880. The quantitative estimate of drug-likeness (QED) is 0.0211. The van der Waals surface area contributed by atoms with Crippen molar-refractivity contribution in [3.63, 3.8) is 0 Å². The first-order chi connectivity index (χ1) is 50.6. The number of nitrogens with zero attached hydrogens (tertiary/aromatic N) is 1. The van der Waals surface area contributed by atoms with Crippen molar-refractivity contribution in [1.82, 2.24) is 0 Å². The van der Waals surface area contributed by atoms with E-state index in [1.54, 1.807) is 0 Å². The number of rotatable bonds is 86. The Labute approximate surface area is 641 Å². The molecule has 0 bridgehead atoms. The van der Waals surface area contributed by atoms with Crippen molar-refractivity contribution >= 4 is 17.9 Å². The molecule has 0 aliphatic heterocycles. The minimum atomic E-state index is -1.51. The first-order valence-corrected chi connectivity index (χ1v) is 45.5. The van der Waals surface area contributed by atoms with Gasteiger partial charge in [-0.15, -0.1) is 0 Å². The van der Waals surface area contributed by atoms with E-state index in [-0.39, 0.29) is 38.2 Å². The minimum absolute atomic E-state index is 0.175. The largest absolute Gasteiger partial charge is 0.477 e. The average molecular weight is 1450 g/mol. The molecular formula is C94H176NO8+. The molecule has 0 rings (SSSR count). The maximum Gasteiger partial charge on any atom is 0.361 e. The lowest BCUT2D eigenvalue weighted by Crippen LogP contribution is -2.40. The molecule has 604 valence electrons. The molecule has 0 radical (unpaired) electrons. The van der Waals surface area contributed by atoms with Crippen LogP contribution in [-0.4, -0.2) is 87.4 Å². The number of ether oxygens (including phenoxy) is 4. The van der Waals surface area contributed by atoms with E-state index in [0.717, 1.165) is 64.2 Å². The fourth-order valence-electron chi connectivity index (χ4n) is 13.9. The zero-order valence-corrected chi connectivity index (χ0v) is 69.5. The third kappa shape index (κ3) is 86.1. The van der Waals surface area contributed by atoms with E-state index in [4.69, 9.17) is 18.9 Å². The maximum atomic E-state index is 13.0. The third-order valence-electron chi connectivity index (χ3n) is 20.8. The van der Waals surface area contributed by atoms with Gasteiger partial charge in [0.15, 0.2) is 6.10 Å². The predicted octanol–water partition coefficient (Wildman–Crippen LogP) is 29.7. The first kappa shape index (κ1) is 100.0. The third-order valence-corrected chi connectivity index (χ3v) is 20.8. The second-order valence-corrected chi connectivity index (χ2v) is 32.2. The van der Waals surface area contributed by atoms with Gasteiger partial charge >= 0.3 is 17.9 Å². The highest BCUT2D eigenvalue weighted by molar-refractivity contribution is 5.71. The predicted molar refractivity (Wildman–Crippen MR) is 447 cm³/mol. The van der Waals surface area contributed by atoms with Gasteiger partial charge in [-0.05, 0) is 77.0 Å². The van der Waals surface area contributed by atoms with E-state index >= 15 is 0 Å². The van der Waals surface area contributed by atoms with Crippen LogP contribution in [0.3, 0.4) is 0 Å². The number of carboxylic acid groups (broad SMARTS) is 1. The molecule has 0 amide bonds. The molecule has 0 aliphatic rings. The molecule has 0 aromatic carbocycles. The van der Waals surface area contributed by atoms with Gasteiger partial charge in [-0.25, -0.2) is 4.79 Å². The number of carboxylic acids is 1. The molecule has 0 fully saturated rings. The molecule has 0 aliphatic carbocycles. The van der Waals surface area contributed by atoms with E-state index in [2.05, 4.69) is 74.6 Å². The van der Waals surface area contributed by atoms with Crippen LogP contribution in [0.25, 0.3) is 0 Å². The van der Waals surface area contributed by atoms with Crippen LogP contribution >= 0.6 is 0 Å². The topological polar surface area (TPSA) is 108 Å². The number of esters is 2. The Morgan fingerprint density at radius 2 is 0.553 bits per heavy atom. The summed E-state index contributed by atoms with van der Waals surface area (Å²) in [5, 5.41) is 9.80. The Hall–Kier alpha value is -3.01. The van der Waals surface area contributed by atoms with Crippen molar-refractivity contribution in [2.75, 3.05) is 47.5 Å². The lowest BCUT2D eigenvalue weighted by molar-refractivity contribution is -0.870. The van der Waals surface area contributed by atoms with Gasteiger partial charge in [0.25, 0.3) is 6.29 Å². The van der Waals surface area contributed by atoms with Crippen LogP contribution < -0.4 is 0 Å². The molecule has 0 saturated heterocycles. The molecule has 0 saturated carbocycles. The summed E-state index contributed by atoms with van der Waals surface area (Å²) in [6.45, 7) is 4.85. The number of unbranched alkanes of at least 4 members (excludes halogenated alkanes) is 61. The SMILES string of the molecule is CC/C=C\C/C=C\C/C=C\C/C=C\CCCCCCCCCCCCCCCCCCCCCCCCCCCCCCC(=O)OC(COC(=O)CCCCCCCCCCCCCCCCCCCCCCCCCCC/C=C\CCCCCCCCCC)COC(OCC[N+](C)(C)C)C(=O)O. The summed E-state index contributed by atoms with van der Waals surface area (Å²) in [5.41, 5.74) is 0. The smallest absolute Gasteiger partial charge is 0.361 e. The Balaban J connectivity index is 3.88. The Morgan fingerprint density at radius 1 is 0.301 bits per heavy atom. The second kappa shape index (κ2) is 84.6. The average Bonchev–Trinajstić information content (AvgIpc) is 1.01. The zero-order valence-electron chi connectivity index (χ0n) is 69.5. The molecule has 9 nitrogen and oxygen atoms in total. The standard InChI is InChI=1S/C94H175NO8/c1-6-8-10-12-14-16-18-20-22-24-26-28-30-32-34-36-38-40-42-44-45-46-47-49-51-53-55-57-59-61-63-65-67-69-71-73-75-77-79-81-83-85-92(97)103-90(89-102-94(93(98)99)100-87-86-95(3,4)5)88-101-91(96)84-82-80-78-76-74-72-70-68-66-64-62-60-58-56-54-52-50-48-43-41-39-37-35-33-31-29-27-25-23-21-19-17-15-13-11-9-7-2/h8,10,14,16,20,22,25-28,90,94H,6-7,9,11-13,15,17-19,21,23-24,29-89H2,1-5H3/p+1/b10-8-,16-14-,22-20-,27-25-,28-26-. The first-order valence-electron chi connectivity index (χ1n) is 45.5. The summed E-state index contributed by atoms with van der Waals surface area (Å²) in [5.74, 6) is -1.97. The number of aliphatic carboxylic acids is 1. The number of likely N-dealkylation sites (N-methyl/N-ethyl adjacent to an activating group) is 1. The van der Waals surface area contributed by atoms with Gasteiger partial charge in [0.2, 0.25) is 0 Å². The highest BCUT2D eigenvalue weighted by Gasteiger charge is 2.25. The van der Waals surface area contributed by atoms with Crippen LogP contribution in [0.1, 0.15) is 463 Å². The van der Waals surface area contributed by atoms with Gasteiger partial charge in [-0.2, -0.15) is 0 Å². The van der Waals surface area contributed by atoms with Gasteiger partial charge in [-0.3, -0.25) is 9.59 Å². The molecule has 0 aromatic heterocycles. The summed E-state index contributed by atoms with van der Waals surface area (Å²) in [7, 11) is 6.01. The van der Waals surface area contributed by atoms with Gasteiger partial charge < -0.3 is 28.5 Å². The van der Waals surface area contributed by atoms with Crippen molar-refractivity contribution in [3.05, 3.63) is 60.8 Å². The van der Waals surface area contributed by atoms with Crippen LogP contribution in [0.2, 0.25) is 0 Å². The molecule has 9 heteroatoms. The number of hydrogen-bond donors (Lipinski definition) is 1. The van der Waals surface area contributed by atoms with E-state index in [0.29, 0.717) is 17.4 Å². The van der Waals surface area contributed by atoms with Gasteiger partial charge in [0.05, 0.1) is 34.4 Å². The van der Waals surface area contributed by atoms with E-state index < -0.39 is 18.4 Å². The number of hydrogen-bond acceptors (Lipinski definition) is 7. The normalized spacial score (nSPS) is 12.8. The van der Waals surface area contributed by atoms with Gasteiger partial charge in [-0.1, -0.05) is 434 Å². The Kier molecular flexibility index (Phi) is 82.1. The van der Waals surface area contributed by atoms with Crippen LogP contribution in [0, 0.1) is 0 Å². The highest BCUT2D eigenvalue weighted by atomic mass is 16.7. The number of carbonyl (C=O) groups is 3. The molecule has 2 atom stereocenters. The Morgan fingerprint density at radius 3 is 0.835 bits per heavy atom. The molecule has 1 N–H and O–H groups in total. The molecule has 103 heavy (non-hydrogen) atoms. The van der Waals surface area contributed by atoms with E-state index in [1.165, 1.54) is 372 Å². The lowest BCUT2D eigenvalue weighted by atomic mass is 10.0. The van der Waals surface area contributed by atoms with Crippen molar-refractivity contribution in [1.29, 1.82) is 0 Å². The number of allylic oxidation sites excluding steroid dienone is 10. The second-order valence-electron chi connectivity index (χ2n) is 32.2. The van der Waals surface area contributed by atoms with Crippen molar-refractivity contribution < 1.29 is 42.9 Å². The molecule has 0 aromatic rings. The zero-order chi connectivity index (χ0) is 74.6. The van der Waals surface area contributed by atoms with Crippen molar-refractivity contribution in [3.8, 4) is 0 Å². The molecule has 2 unspecified atom stereocenters. The fraction of sp³-hybridized carbons (Fsp3) is 0.862. The molecule has 0 heterocycles. The summed E-state index contributed by atoms with van der Waals surface area (Å²) in [6, 6.07) is 0. The van der Waals surface area contributed by atoms with Gasteiger partial charge in [0, 0.05) is 12.8 Å². The van der Waals surface area contributed by atoms with Crippen LogP contribution in [0.4, 0.5) is 0 Å². The maximum absolute atomic E-state index is 13.0. The van der Waals surface area contributed by atoms with E-state index in [1.807, 2.05) is 21.1 Å². The minimum Gasteiger partial charge on any atom is -0.477 e. The fourth-order valence-corrected chi connectivity index (χ4v) is 13.9.